The Morgan fingerprint density at radius 2 is 1.91 bits per heavy atom. The summed E-state index contributed by atoms with van der Waals surface area (Å²) in [7, 11) is 0. The third-order valence-electron chi connectivity index (χ3n) is 6.80. The van der Waals surface area contributed by atoms with Crippen LogP contribution in [-0.2, 0) is 9.53 Å². The van der Waals surface area contributed by atoms with Crippen molar-refractivity contribution in [1.29, 1.82) is 0 Å². The molecule has 8 heteroatoms. The predicted octanol–water partition coefficient (Wildman–Crippen LogP) is 4.47. The Hall–Kier alpha value is -2.87. The minimum Gasteiger partial charge on any atom is -0.490 e. The van der Waals surface area contributed by atoms with E-state index in [1.807, 2.05) is 6.07 Å². The Kier molecular flexibility index (Phi) is 9.10. The number of nitrogens with one attached hydrogen (secondary N) is 1. The third-order valence-corrected chi connectivity index (χ3v) is 6.80. The molecule has 1 fully saturated rings. The molecule has 8 nitrogen and oxygen atoms in total. The van der Waals surface area contributed by atoms with Gasteiger partial charge in [0.15, 0.2) is 0 Å². The smallest absolute Gasteiger partial charge is 0.339 e. The lowest BCUT2D eigenvalue weighted by Gasteiger charge is -2.30. The molecule has 1 amide bonds. The molecular formula is C26H37N3O5. The van der Waals surface area contributed by atoms with Crippen molar-refractivity contribution in [3.05, 3.63) is 29.5 Å². The number of aromatic carboxylic acids is 1. The first-order chi connectivity index (χ1) is 16.3. The van der Waals surface area contributed by atoms with Crippen LogP contribution in [0.15, 0.2) is 18.2 Å². The number of anilines is 1. The highest BCUT2D eigenvalue weighted by Crippen LogP contribution is 2.35. The average molecular weight is 472 g/mol. The summed E-state index contributed by atoms with van der Waals surface area (Å²) in [5.41, 5.74) is 7.41. The maximum absolute atomic E-state index is 12.2. The van der Waals surface area contributed by atoms with Crippen LogP contribution in [-0.4, -0.2) is 47.3 Å². The van der Waals surface area contributed by atoms with Crippen molar-refractivity contribution in [3.8, 4) is 5.75 Å². The second-order valence-electron chi connectivity index (χ2n) is 9.12. The van der Waals surface area contributed by atoms with E-state index in [1.54, 1.807) is 19.1 Å². The van der Waals surface area contributed by atoms with Gasteiger partial charge in [-0.15, -0.1) is 0 Å². The van der Waals surface area contributed by atoms with Gasteiger partial charge in [-0.2, -0.15) is 0 Å². The molecule has 0 spiro atoms. The van der Waals surface area contributed by atoms with Crippen LogP contribution in [0.3, 0.4) is 0 Å². The van der Waals surface area contributed by atoms with Crippen molar-refractivity contribution in [2.75, 3.05) is 18.9 Å². The van der Waals surface area contributed by atoms with Gasteiger partial charge in [0.2, 0.25) is 5.91 Å². The second-order valence-corrected chi connectivity index (χ2v) is 9.12. The monoisotopic (exact) mass is 471 g/mol. The highest BCUT2D eigenvalue weighted by molar-refractivity contribution is 6.06. The van der Waals surface area contributed by atoms with Crippen LogP contribution >= 0.6 is 0 Å². The first kappa shape index (κ1) is 25.7. The molecule has 1 aliphatic rings. The first-order valence-corrected chi connectivity index (χ1v) is 12.3. The summed E-state index contributed by atoms with van der Waals surface area (Å²) >= 11 is 0. The van der Waals surface area contributed by atoms with Gasteiger partial charge in [0, 0.05) is 12.6 Å². The normalized spacial score (nSPS) is 18.2. The zero-order valence-electron chi connectivity index (χ0n) is 20.4. The minimum absolute atomic E-state index is 0.0112. The molecule has 1 heterocycles. The molecule has 0 saturated heterocycles. The minimum atomic E-state index is -1.10. The standard InChI is InChI=1S/C26H37N3O5/c1-4-17(5-2)13-14-33-15-22(30)29-18-9-11-19(12-10-18)34-21-8-6-7-20-24(21)25(27)23(26(31)32)16(3)28-20/h6-8,17-19H,4-5,9-15H2,1-3H3,(H2,27,28)(H,29,30)(H,31,32). The Balaban J connectivity index is 1.52. The number of nitrogens with zero attached hydrogens (tertiary/aromatic N) is 1. The van der Waals surface area contributed by atoms with Crippen LogP contribution in [0.5, 0.6) is 5.75 Å². The van der Waals surface area contributed by atoms with Gasteiger partial charge < -0.3 is 25.6 Å². The number of carbonyl (C=O) groups excluding carboxylic acids is 1. The van der Waals surface area contributed by atoms with Crippen LogP contribution in [0.25, 0.3) is 10.9 Å². The van der Waals surface area contributed by atoms with Gasteiger partial charge in [0.1, 0.15) is 17.9 Å². The molecule has 1 saturated carbocycles. The van der Waals surface area contributed by atoms with Gasteiger partial charge >= 0.3 is 5.97 Å². The SMILES string of the molecule is CCC(CC)CCOCC(=O)NC1CCC(Oc2cccc3nc(C)c(C(=O)O)c(N)c23)CC1. The first-order valence-electron chi connectivity index (χ1n) is 12.3. The van der Waals surface area contributed by atoms with Crippen molar-refractivity contribution >= 4 is 28.5 Å². The number of aromatic nitrogens is 1. The Morgan fingerprint density at radius 1 is 1.21 bits per heavy atom. The summed E-state index contributed by atoms with van der Waals surface area (Å²) in [6, 6.07) is 5.54. The fourth-order valence-corrected chi connectivity index (χ4v) is 4.69. The van der Waals surface area contributed by atoms with E-state index in [0.717, 1.165) is 44.9 Å². The molecule has 0 aliphatic heterocycles. The molecule has 1 aromatic carbocycles. The number of aryl methyl sites for hydroxylation is 1. The summed E-state index contributed by atoms with van der Waals surface area (Å²) < 4.78 is 11.8. The fourth-order valence-electron chi connectivity index (χ4n) is 4.69. The highest BCUT2D eigenvalue weighted by Gasteiger charge is 2.25. The number of fused-ring (bicyclic) bond motifs is 1. The van der Waals surface area contributed by atoms with E-state index in [-0.39, 0.29) is 35.9 Å². The van der Waals surface area contributed by atoms with E-state index in [9.17, 15) is 14.7 Å². The van der Waals surface area contributed by atoms with Crippen LogP contribution < -0.4 is 15.8 Å². The summed E-state index contributed by atoms with van der Waals surface area (Å²) in [6.07, 6.45) is 6.40. The van der Waals surface area contributed by atoms with E-state index in [4.69, 9.17) is 15.2 Å². The summed E-state index contributed by atoms with van der Waals surface area (Å²) in [5, 5.41) is 13.1. The van der Waals surface area contributed by atoms with Crippen LogP contribution in [0.1, 0.15) is 74.8 Å². The number of pyridine rings is 1. The van der Waals surface area contributed by atoms with E-state index in [0.29, 0.717) is 34.9 Å². The van der Waals surface area contributed by atoms with Gasteiger partial charge in [-0.1, -0.05) is 32.8 Å². The number of nitrogens with two attached hydrogens (primary N) is 1. The zero-order valence-corrected chi connectivity index (χ0v) is 20.4. The number of ether oxygens (including phenoxy) is 2. The molecule has 0 bridgehead atoms. The summed E-state index contributed by atoms with van der Waals surface area (Å²) in [5.74, 6) is 0.0302. The summed E-state index contributed by atoms with van der Waals surface area (Å²) in [6.45, 7) is 6.72. The second kappa shape index (κ2) is 12.0. The number of carboxylic acid groups (broad SMARTS) is 1. The van der Waals surface area contributed by atoms with Crippen LogP contribution in [0.4, 0.5) is 5.69 Å². The quantitative estimate of drug-likeness (QED) is 0.413. The van der Waals surface area contributed by atoms with Gasteiger partial charge in [-0.25, -0.2) is 4.79 Å². The lowest BCUT2D eigenvalue weighted by atomic mass is 9.93. The number of hydrogen-bond acceptors (Lipinski definition) is 6. The molecule has 2 aromatic rings. The van der Waals surface area contributed by atoms with Crippen molar-refractivity contribution in [1.82, 2.24) is 10.3 Å². The third kappa shape index (κ3) is 6.38. The number of hydrogen-bond donors (Lipinski definition) is 3. The van der Waals surface area contributed by atoms with Gasteiger partial charge in [0.25, 0.3) is 0 Å². The number of benzene rings is 1. The number of carboxylic acids is 1. The lowest BCUT2D eigenvalue weighted by Crippen LogP contribution is -2.41. The molecular weight excluding hydrogens is 434 g/mol. The zero-order chi connectivity index (χ0) is 24.7. The van der Waals surface area contributed by atoms with Crippen molar-refractivity contribution in [3.63, 3.8) is 0 Å². The molecule has 1 aliphatic carbocycles. The Labute approximate surface area is 201 Å². The predicted molar refractivity (Wildman–Crippen MR) is 132 cm³/mol. The van der Waals surface area contributed by atoms with Crippen molar-refractivity contribution < 1.29 is 24.2 Å². The van der Waals surface area contributed by atoms with E-state index >= 15 is 0 Å². The number of carbonyl (C=O) groups is 2. The maximum atomic E-state index is 12.2. The largest absolute Gasteiger partial charge is 0.490 e. The van der Waals surface area contributed by atoms with Crippen molar-refractivity contribution in [2.24, 2.45) is 5.92 Å². The summed E-state index contributed by atoms with van der Waals surface area (Å²) in [4.78, 5) is 28.3. The van der Waals surface area contributed by atoms with Gasteiger partial charge in [-0.3, -0.25) is 9.78 Å². The molecule has 0 radical (unpaired) electrons. The molecule has 1 aromatic heterocycles. The molecule has 0 unspecified atom stereocenters. The highest BCUT2D eigenvalue weighted by atomic mass is 16.5. The molecule has 0 atom stereocenters. The van der Waals surface area contributed by atoms with Crippen LogP contribution in [0, 0.1) is 12.8 Å². The van der Waals surface area contributed by atoms with Crippen LogP contribution in [0.2, 0.25) is 0 Å². The molecule has 3 rings (SSSR count). The lowest BCUT2D eigenvalue weighted by molar-refractivity contribution is -0.126. The fraction of sp³-hybridized carbons (Fsp3) is 0.577. The van der Waals surface area contributed by atoms with E-state index in [1.165, 1.54) is 0 Å². The van der Waals surface area contributed by atoms with Crippen molar-refractivity contribution in [2.45, 2.75) is 77.9 Å². The Bertz CT molecular complexity index is 998. The van der Waals surface area contributed by atoms with Gasteiger partial charge in [0.05, 0.1) is 28.4 Å². The van der Waals surface area contributed by atoms with E-state index < -0.39 is 5.97 Å². The Morgan fingerprint density at radius 3 is 2.56 bits per heavy atom. The topological polar surface area (TPSA) is 124 Å². The molecule has 4 N–H and O–H groups in total. The number of nitrogen functional groups attached to an aromatic ring is 1. The molecule has 34 heavy (non-hydrogen) atoms. The number of rotatable bonds is 11. The van der Waals surface area contributed by atoms with E-state index in [2.05, 4.69) is 24.1 Å². The molecule has 186 valence electrons. The van der Waals surface area contributed by atoms with Gasteiger partial charge in [-0.05, 0) is 57.1 Å². The number of amides is 1. The average Bonchev–Trinajstić information content (AvgIpc) is 2.80. The maximum Gasteiger partial charge on any atom is 0.339 e.